The number of nitrogens with one attached hydrogen (secondary N) is 1. The van der Waals surface area contributed by atoms with Crippen LogP contribution in [0.1, 0.15) is 12.5 Å². The molecule has 2 amide bonds. The second-order valence-corrected chi connectivity index (χ2v) is 7.36. The number of anilines is 1. The molecule has 0 spiro atoms. The molecule has 7 nitrogen and oxygen atoms in total. The number of hydrazine groups is 1. The molecule has 1 atom stereocenters. The van der Waals surface area contributed by atoms with Crippen LogP contribution in [0.5, 0.6) is 5.75 Å². The number of ether oxygens (including phenoxy) is 2. The van der Waals surface area contributed by atoms with Crippen molar-refractivity contribution in [2.45, 2.75) is 13.0 Å². The molecule has 2 aromatic rings. The lowest BCUT2D eigenvalue weighted by atomic mass is 10.1. The fourth-order valence-corrected chi connectivity index (χ4v) is 3.60. The van der Waals surface area contributed by atoms with Gasteiger partial charge in [-0.25, -0.2) is 9.80 Å². The van der Waals surface area contributed by atoms with E-state index in [9.17, 15) is 14.4 Å². The van der Waals surface area contributed by atoms with Gasteiger partial charge in [0.25, 0.3) is 11.8 Å². The zero-order valence-electron chi connectivity index (χ0n) is 15.4. The molecule has 1 fully saturated rings. The van der Waals surface area contributed by atoms with Gasteiger partial charge >= 0.3 is 5.97 Å². The molecule has 150 valence electrons. The number of carbonyl (C=O) groups excluding carboxylic acids is 3. The summed E-state index contributed by atoms with van der Waals surface area (Å²) in [6.07, 6.45) is 0.458. The predicted octanol–water partition coefficient (Wildman–Crippen LogP) is 3.50. The first-order valence-electron chi connectivity index (χ1n) is 8.47. The molecular weight excluding hydrogens is 464 g/mol. The Hall–Kier alpha value is -2.84. The number of rotatable bonds is 5. The number of benzene rings is 2. The highest BCUT2D eigenvalue weighted by atomic mass is 79.9. The summed E-state index contributed by atoms with van der Waals surface area (Å²) < 4.78 is 10.8. The molecule has 0 saturated carbocycles. The SMILES string of the molecule is COC(=O)C(C)Oc1c(Br)cc(Cl)cc1C=C1C(=O)NN(c2ccccc2)C1=O. The van der Waals surface area contributed by atoms with Crippen LogP contribution in [0.3, 0.4) is 0 Å². The van der Waals surface area contributed by atoms with Crippen molar-refractivity contribution in [1.82, 2.24) is 5.43 Å². The van der Waals surface area contributed by atoms with Crippen molar-refractivity contribution in [3.05, 3.63) is 63.1 Å². The van der Waals surface area contributed by atoms with Gasteiger partial charge in [-0.3, -0.25) is 15.0 Å². The van der Waals surface area contributed by atoms with Gasteiger partial charge in [0.05, 0.1) is 17.3 Å². The molecule has 0 bridgehead atoms. The number of hydrogen-bond donors (Lipinski definition) is 1. The minimum atomic E-state index is -0.913. The van der Waals surface area contributed by atoms with Gasteiger partial charge in [-0.15, -0.1) is 0 Å². The number of amides is 2. The maximum atomic E-state index is 12.8. The molecule has 9 heteroatoms. The highest BCUT2D eigenvalue weighted by molar-refractivity contribution is 9.10. The summed E-state index contributed by atoms with van der Waals surface area (Å²) in [5.74, 6) is -1.42. The van der Waals surface area contributed by atoms with Crippen molar-refractivity contribution in [1.29, 1.82) is 0 Å². The summed E-state index contributed by atoms with van der Waals surface area (Å²) in [5, 5.41) is 1.51. The van der Waals surface area contributed by atoms with E-state index in [1.54, 1.807) is 36.4 Å². The lowest BCUT2D eigenvalue weighted by Crippen LogP contribution is -2.35. The third-order valence-corrected chi connectivity index (χ3v) is 4.88. The first-order chi connectivity index (χ1) is 13.8. The van der Waals surface area contributed by atoms with Crippen LogP contribution in [0.15, 0.2) is 52.5 Å². The van der Waals surface area contributed by atoms with Crippen LogP contribution in [0, 0.1) is 0 Å². The predicted molar refractivity (Wildman–Crippen MR) is 111 cm³/mol. The maximum Gasteiger partial charge on any atom is 0.346 e. The minimum Gasteiger partial charge on any atom is -0.477 e. The Balaban J connectivity index is 2.00. The van der Waals surface area contributed by atoms with Gasteiger partial charge in [0.1, 0.15) is 11.3 Å². The quantitative estimate of drug-likeness (QED) is 0.403. The van der Waals surface area contributed by atoms with Crippen LogP contribution in [0.2, 0.25) is 5.02 Å². The van der Waals surface area contributed by atoms with E-state index in [1.807, 2.05) is 0 Å². The van der Waals surface area contributed by atoms with Crippen molar-refractivity contribution >= 4 is 57.1 Å². The van der Waals surface area contributed by atoms with Gasteiger partial charge in [0, 0.05) is 10.6 Å². The van der Waals surface area contributed by atoms with E-state index >= 15 is 0 Å². The fraction of sp³-hybridized carbons (Fsp3) is 0.150. The molecular formula is C20H16BrClN2O5. The van der Waals surface area contributed by atoms with Crippen LogP contribution >= 0.6 is 27.5 Å². The second kappa shape index (κ2) is 8.67. The highest BCUT2D eigenvalue weighted by Gasteiger charge is 2.34. The van der Waals surface area contributed by atoms with E-state index in [1.165, 1.54) is 26.2 Å². The summed E-state index contributed by atoms with van der Waals surface area (Å²) in [6, 6.07) is 11.8. The van der Waals surface area contributed by atoms with Gasteiger partial charge in [-0.2, -0.15) is 0 Å². The number of carbonyl (C=O) groups is 3. The van der Waals surface area contributed by atoms with Crippen LogP contribution < -0.4 is 15.2 Å². The average molecular weight is 480 g/mol. The summed E-state index contributed by atoms with van der Waals surface area (Å²) in [4.78, 5) is 36.9. The lowest BCUT2D eigenvalue weighted by molar-refractivity contribution is -0.148. The summed E-state index contributed by atoms with van der Waals surface area (Å²) in [5.41, 5.74) is 3.31. The Morgan fingerprint density at radius 2 is 1.93 bits per heavy atom. The minimum absolute atomic E-state index is 0.0985. The van der Waals surface area contributed by atoms with Crippen molar-refractivity contribution < 1.29 is 23.9 Å². The molecule has 29 heavy (non-hydrogen) atoms. The Morgan fingerprint density at radius 3 is 2.59 bits per heavy atom. The van der Waals surface area contributed by atoms with Gasteiger partial charge in [-0.05, 0) is 53.2 Å². The standard InChI is InChI=1S/C20H16BrClN2O5/c1-11(20(27)28-2)29-17-12(8-13(22)10-16(17)21)9-15-18(25)23-24(19(15)26)14-6-4-3-5-7-14/h3-11H,1-2H3,(H,23,25). The Morgan fingerprint density at radius 1 is 1.24 bits per heavy atom. The molecule has 1 N–H and O–H groups in total. The van der Waals surface area contributed by atoms with Crippen LogP contribution in [0.25, 0.3) is 6.08 Å². The number of halogens is 2. The molecule has 1 heterocycles. The van der Waals surface area contributed by atoms with Crippen LogP contribution in [-0.4, -0.2) is 31.0 Å². The third-order valence-electron chi connectivity index (χ3n) is 4.07. The molecule has 1 aliphatic rings. The van der Waals surface area contributed by atoms with E-state index < -0.39 is 23.9 Å². The van der Waals surface area contributed by atoms with E-state index in [2.05, 4.69) is 26.1 Å². The number of para-hydroxylation sites is 1. The summed E-state index contributed by atoms with van der Waals surface area (Å²) in [6.45, 7) is 1.52. The number of methoxy groups -OCH3 is 1. The highest BCUT2D eigenvalue weighted by Crippen LogP contribution is 2.35. The van der Waals surface area contributed by atoms with Crippen molar-refractivity contribution in [2.75, 3.05) is 12.1 Å². The van der Waals surface area contributed by atoms with Crippen molar-refractivity contribution in [2.24, 2.45) is 0 Å². The molecule has 1 saturated heterocycles. The fourth-order valence-electron chi connectivity index (χ4n) is 2.67. The Bertz CT molecular complexity index is 1010. The zero-order chi connectivity index (χ0) is 21.1. The number of esters is 1. The first-order valence-corrected chi connectivity index (χ1v) is 9.64. The van der Waals surface area contributed by atoms with E-state index in [0.717, 1.165) is 5.01 Å². The molecule has 1 unspecified atom stereocenters. The Kier molecular flexibility index (Phi) is 6.24. The van der Waals surface area contributed by atoms with Crippen LogP contribution in [0.4, 0.5) is 5.69 Å². The molecule has 2 aromatic carbocycles. The average Bonchev–Trinajstić information content (AvgIpc) is 2.98. The number of hydrogen-bond acceptors (Lipinski definition) is 5. The molecule has 1 aliphatic heterocycles. The molecule has 0 aliphatic carbocycles. The molecule has 0 aromatic heterocycles. The largest absolute Gasteiger partial charge is 0.477 e. The smallest absolute Gasteiger partial charge is 0.346 e. The van der Waals surface area contributed by atoms with Gasteiger partial charge in [0.2, 0.25) is 0 Å². The van der Waals surface area contributed by atoms with E-state index in [-0.39, 0.29) is 11.3 Å². The topological polar surface area (TPSA) is 84.9 Å². The number of nitrogens with zero attached hydrogens (tertiary/aromatic N) is 1. The maximum absolute atomic E-state index is 12.8. The second-order valence-electron chi connectivity index (χ2n) is 6.06. The van der Waals surface area contributed by atoms with E-state index in [0.29, 0.717) is 20.7 Å². The summed E-state index contributed by atoms with van der Waals surface area (Å²) in [7, 11) is 1.25. The molecule has 0 radical (unpaired) electrons. The van der Waals surface area contributed by atoms with Gasteiger partial charge < -0.3 is 9.47 Å². The van der Waals surface area contributed by atoms with Crippen LogP contribution in [-0.2, 0) is 19.1 Å². The normalized spacial score (nSPS) is 16.0. The summed E-state index contributed by atoms with van der Waals surface area (Å²) >= 11 is 9.47. The van der Waals surface area contributed by atoms with Gasteiger partial charge in [0.15, 0.2) is 6.10 Å². The zero-order valence-corrected chi connectivity index (χ0v) is 17.8. The van der Waals surface area contributed by atoms with Crippen molar-refractivity contribution in [3.63, 3.8) is 0 Å². The van der Waals surface area contributed by atoms with Gasteiger partial charge in [-0.1, -0.05) is 29.8 Å². The van der Waals surface area contributed by atoms with Crippen molar-refractivity contribution in [3.8, 4) is 5.75 Å². The van der Waals surface area contributed by atoms with E-state index in [4.69, 9.17) is 16.3 Å². The Labute approximate surface area is 180 Å². The molecule has 3 rings (SSSR count). The lowest BCUT2D eigenvalue weighted by Gasteiger charge is -2.16. The monoisotopic (exact) mass is 478 g/mol. The first kappa shape index (κ1) is 20.9. The third kappa shape index (κ3) is 4.44.